The van der Waals surface area contributed by atoms with Gasteiger partial charge in [-0.3, -0.25) is 14.5 Å². The van der Waals surface area contributed by atoms with E-state index in [0.29, 0.717) is 30.3 Å². The second kappa shape index (κ2) is 10.7. The van der Waals surface area contributed by atoms with Crippen LogP contribution in [-0.2, 0) is 24.3 Å². The van der Waals surface area contributed by atoms with Gasteiger partial charge in [0.05, 0.1) is 29.7 Å². The predicted octanol–water partition coefficient (Wildman–Crippen LogP) is 2.34. The van der Waals surface area contributed by atoms with Gasteiger partial charge in [-0.1, -0.05) is 23.7 Å². The summed E-state index contributed by atoms with van der Waals surface area (Å²) in [5.74, 6) is -1.85. The van der Waals surface area contributed by atoms with E-state index >= 15 is 0 Å². The standard InChI is InChI=1S/C25H28ClN3O6S/c1-27(2)36(33,34)20-9-5-18(6-10-20)23(30)21-22(17-3-7-19(26)8-4-17)29(25(32)24(21)31)12-11-28-13-15-35-16-14-28/h3-10,22,30H,11-16H2,1-2H3/t22-/m1/s1. The van der Waals surface area contributed by atoms with Gasteiger partial charge in [0.25, 0.3) is 11.7 Å². The van der Waals surface area contributed by atoms with Crippen molar-refractivity contribution in [1.29, 1.82) is 0 Å². The highest BCUT2D eigenvalue weighted by atomic mass is 35.5. The van der Waals surface area contributed by atoms with E-state index < -0.39 is 27.8 Å². The number of morpholine rings is 1. The molecular weight excluding hydrogens is 506 g/mol. The van der Waals surface area contributed by atoms with E-state index in [1.54, 1.807) is 24.3 Å². The normalized spacial score (nSPS) is 20.9. The number of carbonyl (C=O) groups excluding carboxylic acids is 2. The highest BCUT2D eigenvalue weighted by molar-refractivity contribution is 7.89. The number of rotatable bonds is 7. The fraction of sp³-hybridized carbons (Fsp3) is 0.360. The summed E-state index contributed by atoms with van der Waals surface area (Å²) >= 11 is 6.06. The van der Waals surface area contributed by atoms with Crippen molar-refractivity contribution in [3.63, 3.8) is 0 Å². The minimum Gasteiger partial charge on any atom is -0.507 e. The Balaban J connectivity index is 1.72. The van der Waals surface area contributed by atoms with Crippen LogP contribution in [0.5, 0.6) is 0 Å². The van der Waals surface area contributed by atoms with Crippen molar-refractivity contribution in [2.45, 2.75) is 10.9 Å². The summed E-state index contributed by atoms with van der Waals surface area (Å²) in [6.07, 6.45) is 0. The van der Waals surface area contributed by atoms with Crippen LogP contribution in [0.3, 0.4) is 0 Å². The van der Waals surface area contributed by atoms with Crippen LogP contribution in [0.25, 0.3) is 5.76 Å². The molecule has 2 aromatic carbocycles. The monoisotopic (exact) mass is 533 g/mol. The predicted molar refractivity (Wildman–Crippen MR) is 135 cm³/mol. The van der Waals surface area contributed by atoms with Crippen molar-refractivity contribution in [2.75, 3.05) is 53.5 Å². The van der Waals surface area contributed by atoms with Crippen molar-refractivity contribution in [2.24, 2.45) is 0 Å². The van der Waals surface area contributed by atoms with Gasteiger partial charge in [0.15, 0.2) is 0 Å². The number of aliphatic hydroxyl groups is 1. The molecule has 1 N–H and O–H groups in total. The lowest BCUT2D eigenvalue weighted by Gasteiger charge is -2.31. The zero-order valence-corrected chi connectivity index (χ0v) is 21.6. The molecule has 1 amide bonds. The summed E-state index contributed by atoms with van der Waals surface area (Å²) in [6, 6.07) is 11.5. The fourth-order valence-corrected chi connectivity index (χ4v) is 5.35. The number of sulfonamides is 1. The number of ketones is 1. The van der Waals surface area contributed by atoms with Gasteiger partial charge >= 0.3 is 0 Å². The quantitative estimate of drug-likeness (QED) is 0.331. The first-order chi connectivity index (χ1) is 17.1. The molecule has 2 saturated heterocycles. The number of aliphatic hydroxyl groups excluding tert-OH is 1. The van der Waals surface area contributed by atoms with E-state index in [0.717, 1.165) is 17.4 Å². The number of Topliss-reactive ketones (excluding diaryl/α,β-unsaturated/α-hetero) is 1. The molecule has 0 bridgehead atoms. The molecule has 192 valence electrons. The number of halogens is 1. The van der Waals surface area contributed by atoms with E-state index in [1.807, 2.05) is 0 Å². The number of amides is 1. The molecule has 4 rings (SSSR count). The van der Waals surface area contributed by atoms with Crippen LogP contribution in [0, 0.1) is 0 Å². The van der Waals surface area contributed by atoms with Crippen molar-refractivity contribution < 1.29 is 27.9 Å². The van der Waals surface area contributed by atoms with Gasteiger partial charge < -0.3 is 14.7 Å². The Morgan fingerprint density at radius 2 is 1.64 bits per heavy atom. The average molecular weight is 534 g/mol. The van der Waals surface area contributed by atoms with Crippen LogP contribution >= 0.6 is 11.6 Å². The number of hydrogen-bond acceptors (Lipinski definition) is 7. The third-order valence-corrected chi connectivity index (χ3v) is 8.47. The van der Waals surface area contributed by atoms with Crippen molar-refractivity contribution >= 4 is 39.1 Å². The van der Waals surface area contributed by atoms with Crippen LogP contribution in [-0.4, -0.2) is 92.8 Å². The van der Waals surface area contributed by atoms with Crippen LogP contribution in [0.1, 0.15) is 17.2 Å². The summed E-state index contributed by atoms with van der Waals surface area (Å²) in [4.78, 5) is 30.0. The third-order valence-electron chi connectivity index (χ3n) is 6.39. The molecule has 0 aliphatic carbocycles. The van der Waals surface area contributed by atoms with E-state index in [4.69, 9.17) is 16.3 Å². The molecule has 2 aromatic rings. The Hall–Kier alpha value is -2.76. The lowest BCUT2D eigenvalue weighted by Crippen LogP contribution is -2.42. The second-order valence-electron chi connectivity index (χ2n) is 8.81. The van der Waals surface area contributed by atoms with Crippen LogP contribution < -0.4 is 0 Å². The molecule has 2 heterocycles. The molecule has 2 aliphatic heterocycles. The van der Waals surface area contributed by atoms with Gasteiger partial charge in [0.1, 0.15) is 5.76 Å². The van der Waals surface area contributed by atoms with Gasteiger partial charge in [-0.25, -0.2) is 12.7 Å². The fourth-order valence-electron chi connectivity index (χ4n) is 4.33. The summed E-state index contributed by atoms with van der Waals surface area (Å²) in [7, 11) is -0.814. The van der Waals surface area contributed by atoms with Gasteiger partial charge in [-0.05, 0) is 42.0 Å². The topological polar surface area (TPSA) is 107 Å². The highest BCUT2D eigenvalue weighted by Crippen LogP contribution is 2.39. The smallest absolute Gasteiger partial charge is 0.295 e. The van der Waals surface area contributed by atoms with E-state index in [1.165, 1.54) is 43.3 Å². The second-order valence-corrected chi connectivity index (χ2v) is 11.4. The summed E-state index contributed by atoms with van der Waals surface area (Å²) in [5.41, 5.74) is 0.819. The molecule has 0 aromatic heterocycles. The summed E-state index contributed by atoms with van der Waals surface area (Å²) < 4.78 is 31.3. The summed E-state index contributed by atoms with van der Waals surface area (Å²) in [5, 5.41) is 11.7. The average Bonchev–Trinajstić information content (AvgIpc) is 3.13. The highest BCUT2D eigenvalue weighted by Gasteiger charge is 2.46. The third kappa shape index (κ3) is 5.18. The van der Waals surface area contributed by atoms with Crippen molar-refractivity contribution in [1.82, 2.24) is 14.1 Å². The molecule has 0 saturated carbocycles. The van der Waals surface area contributed by atoms with Crippen molar-refractivity contribution in [3.05, 3.63) is 70.3 Å². The molecular formula is C25H28ClN3O6S. The number of likely N-dealkylation sites (tertiary alicyclic amines) is 1. The van der Waals surface area contributed by atoms with E-state index in [2.05, 4.69) is 4.90 Å². The van der Waals surface area contributed by atoms with Gasteiger partial charge in [0.2, 0.25) is 10.0 Å². The lowest BCUT2D eigenvalue weighted by molar-refractivity contribution is -0.140. The Bertz CT molecular complexity index is 1270. The molecule has 2 aliphatic rings. The summed E-state index contributed by atoms with van der Waals surface area (Å²) in [6.45, 7) is 3.53. The van der Waals surface area contributed by atoms with Crippen LogP contribution in [0.4, 0.5) is 0 Å². The zero-order valence-electron chi connectivity index (χ0n) is 20.1. The molecule has 0 spiro atoms. The van der Waals surface area contributed by atoms with Crippen molar-refractivity contribution in [3.8, 4) is 0 Å². The molecule has 0 unspecified atom stereocenters. The maximum Gasteiger partial charge on any atom is 0.295 e. The SMILES string of the molecule is CN(C)S(=O)(=O)c1ccc(C(O)=C2C(=O)C(=O)N(CCN3CCOCC3)[C@@H]2c2ccc(Cl)cc2)cc1. The number of ether oxygens (including phenoxy) is 1. The number of hydrogen-bond donors (Lipinski definition) is 1. The Morgan fingerprint density at radius 3 is 2.22 bits per heavy atom. The minimum absolute atomic E-state index is 0.0456. The number of benzene rings is 2. The van der Waals surface area contributed by atoms with Gasteiger partial charge in [-0.2, -0.15) is 0 Å². The molecule has 2 fully saturated rings. The Kier molecular flexibility index (Phi) is 7.82. The molecule has 9 nitrogen and oxygen atoms in total. The maximum atomic E-state index is 13.2. The zero-order chi connectivity index (χ0) is 26.0. The molecule has 36 heavy (non-hydrogen) atoms. The Morgan fingerprint density at radius 1 is 1.03 bits per heavy atom. The molecule has 11 heteroatoms. The Labute approximate surface area is 215 Å². The van der Waals surface area contributed by atoms with Crippen LogP contribution in [0.2, 0.25) is 5.02 Å². The molecule has 1 atom stereocenters. The first-order valence-electron chi connectivity index (χ1n) is 11.5. The van der Waals surface area contributed by atoms with Gasteiger partial charge in [-0.15, -0.1) is 0 Å². The molecule has 0 radical (unpaired) electrons. The van der Waals surface area contributed by atoms with E-state index in [9.17, 15) is 23.1 Å². The van der Waals surface area contributed by atoms with Gasteiger partial charge in [0, 0.05) is 50.9 Å². The maximum absolute atomic E-state index is 13.2. The largest absolute Gasteiger partial charge is 0.507 e. The number of carbonyl (C=O) groups is 2. The number of nitrogens with zero attached hydrogens (tertiary/aromatic N) is 3. The minimum atomic E-state index is -3.66. The first kappa shape index (κ1) is 26.3. The first-order valence-corrected chi connectivity index (χ1v) is 13.3. The van der Waals surface area contributed by atoms with E-state index in [-0.39, 0.29) is 28.3 Å². The lowest BCUT2D eigenvalue weighted by atomic mass is 9.95. The van der Waals surface area contributed by atoms with Crippen LogP contribution in [0.15, 0.2) is 59.0 Å².